The molecule has 1 N–H and O–H groups in total. The van der Waals surface area contributed by atoms with E-state index in [-0.39, 0.29) is 20.8 Å². The molecule has 0 saturated carbocycles. The number of sulfone groups is 1. The standard InChI is InChI=1S/C24H24N4O5S2/c1-4-35(30,31)24-28-27-23(34-24)26-22(29)19(15-25)14-18-5-7-20(8-6-18)32-9-10-33-21-12-16(2)11-17(3)13-21/h5-8,11-14H,4,9-10H2,1-3H3,(H,26,27,29)/b19-14-. The molecule has 0 unspecified atom stereocenters. The molecule has 1 heterocycles. The molecular weight excluding hydrogens is 488 g/mol. The number of carbonyl (C=O) groups excluding carboxylic acids is 1. The Kier molecular flexibility index (Phi) is 8.57. The first-order valence-electron chi connectivity index (χ1n) is 10.6. The lowest BCUT2D eigenvalue weighted by atomic mass is 10.1. The zero-order valence-electron chi connectivity index (χ0n) is 19.4. The zero-order chi connectivity index (χ0) is 25.4. The van der Waals surface area contributed by atoms with Crippen LogP contribution in [-0.4, -0.2) is 43.5 Å². The molecule has 0 aliphatic carbocycles. The van der Waals surface area contributed by atoms with Crippen molar-refractivity contribution in [1.82, 2.24) is 10.2 Å². The minimum atomic E-state index is -3.52. The summed E-state index contributed by atoms with van der Waals surface area (Å²) < 4.78 is 34.9. The molecule has 35 heavy (non-hydrogen) atoms. The molecule has 11 heteroatoms. The summed E-state index contributed by atoms with van der Waals surface area (Å²) in [6, 6.07) is 14.7. The highest BCUT2D eigenvalue weighted by Crippen LogP contribution is 2.22. The number of nitrogens with one attached hydrogen (secondary N) is 1. The number of anilines is 1. The third-order valence-corrected chi connectivity index (χ3v) is 7.66. The average molecular weight is 513 g/mol. The molecule has 0 aliphatic heterocycles. The topological polar surface area (TPSA) is 131 Å². The monoisotopic (exact) mass is 512 g/mol. The van der Waals surface area contributed by atoms with E-state index >= 15 is 0 Å². The van der Waals surface area contributed by atoms with Crippen LogP contribution in [0.4, 0.5) is 5.13 Å². The van der Waals surface area contributed by atoms with Crippen LogP contribution in [-0.2, 0) is 14.6 Å². The van der Waals surface area contributed by atoms with Gasteiger partial charge in [-0.25, -0.2) is 8.42 Å². The Morgan fingerprint density at radius 2 is 1.69 bits per heavy atom. The van der Waals surface area contributed by atoms with E-state index in [1.807, 2.05) is 32.0 Å². The summed E-state index contributed by atoms with van der Waals surface area (Å²) >= 11 is 0.733. The fraction of sp³-hybridized carbons (Fsp3) is 0.250. The van der Waals surface area contributed by atoms with Crippen molar-refractivity contribution in [3.05, 3.63) is 64.7 Å². The Morgan fingerprint density at radius 1 is 1.06 bits per heavy atom. The third kappa shape index (κ3) is 7.37. The molecule has 9 nitrogen and oxygen atoms in total. The lowest BCUT2D eigenvalue weighted by Crippen LogP contribution is -2.13. The number of nitrogens with zero attached hydrogens (tertiary/aromatic N) is 3. The molecule has 0 atom stereocenters. The van der Waals surface area contributed by atoms with E-state index in [4.69, 9.17) is 9.47 Å². The number of amides is 1. The van der Waals surface area contributed by atoms with Crippen molar-refractivity contribution < 1.29 is 22.7 Å². The van der Waals surface area contributed by atoms with E-state index in [0.29, 0.717) is 24.5 Å². The van der Waals surface area contributed by atoms with E-state index in [9.17, 15) is 18.5 Å². The van der Waals surface area contributed by atoms with Gasteiger partial charge in [0.1, 0.15) is 36.4 Å². The van der Waals surface area contributed by atoms with Gasteiger partial charge in [0, 0.05) is 0 Å². The van der Waals surface area contributed by atoms with E-state index < -0.39 is 15.7 Å². The molecule has 0 bridgehead atoms. The molecule has 0 radical (unpaired) electrons. The second kappa shape index (κ2) is 11.6. The van der Waals surface area contributed by atoms with Crippen LogP contribution in [0, 0.1) is 25.2 Å². The number of benzene rings is 2. The minimum absolute atomic E-state index is 0.00466. The number of carbonyl (C=O) groups is 1. The Balaban J connectivity index is 1.55. The van der Waals surface area contributed by atoms with Gasteiger partial charge in [0.15, 0.2) is 0 Å². The highest BCUT2D eigenvalue weighted by Gasteiger charge is 2.19. The fourth-order valence-corrected chi connectivity index (χ4v) is 4.97. The Hall–Kier alpha value is -3.75. The number of nitriles is 1. The van der Waals surface area contributed by atoms with Crippen molar-refractivity contribution in [2.24, 2.45) is 0 Å². The summed E-state index contributed by atoms with van der Waals surface area (Å²) in [5.41, 5.74) is 2.71. The van der Waals surface area contributed by atoms with Gasteiger partial charge in [0.05, 0.1) is 5.75 Å². The van der Waals surface area contributed by atoms with Gasteiger partial charge in [-0.3, -0.25) is 10.1 Å². The fourth-order valence-electron chi connectivity index (χ4n) is 2.98. The van der Waals surface area contributed by atoms with Crippen LogP contribution in [0.1, 0.15) is 23.6 Å². The van der Waals surface area contributed by atoms with Gasteiger partial charge < -0.3 is 9.47 Å². The van der Waals surface area contributed by atoms with Crippen LogP contribution in [0.3, 0.4) is 0 Å². The Labute approximate surface area is 208 Å². The molecule has 0 fully saturated rings. The minimum Gasteiger partial charge on any atom is -0.490 e. The van der Waals surface area contributed by atoms with E-state index in [0.717, 1.165) is 28.2 Å². The summed E-state index contributed by atoms with van der Waals surface area (Å²) in [5, 5.41) is 19.0. The molecule has 0 saturated heterocycles. The summed E-state index contributed by atoms with van der Waals surface area (Å²) in [6.45, 7) is 6.25. The van der Waals surface area contributed by atoms with E-state index in [1.165, 1.54) is 13.0 Å². The first-order chi connectivity index (χ1) is 16.7. The van der Waals surface area contributed by atoms with Crippen molar-refractivity contribution in [3.8, 4) is 17.6 Å². The number of hydrogen-bond acceptors (Lipinski definition) is 9. The summed E-state index contributed by atoms with van der Waals surface area (Å²) in [5.74, 6) is 0.573. The molecule has 1 amide bonds. The van der Waals surface area contributed by atoms with Crippen molar-refractivity contribution >= 4 is 38.3 Å². The maximum atomic E-state index is 12.4. The summed E-state index contributed by atoms with van der Waals surface area (Å²) in [7, 11) is -3.52. The normalized spacial score (nSPS) is 11.5. The van der Waals surface area contributed by atoms with Crippen LogP contribution in [0.2, 0.25) is 0 Å². The van der Waals surface area contributed by atoms with Crippen molar-refractivity contribution in [2.75, 3.05) is 24.3 Å². The first-order valence-corrected chi connectivity index (χ1v) is 13.1. The highest BCUT2D eigenvalue weighted by molar-refractivity contribution is 7.93. The van der Waals surface area contributed by atoms with E-state index in [1.54, 1.807) is 24.3 Å². The summed E-state index contributed by atoms with van der Waals surface area (Å²) in [4.78, 5) is 12.4. The number of aryl methyl sites for hydroxylation is 2. The predicted octanol–water partition coefficient (Wildman–Crippen LogP) is 3.95. The quantitative estimate of drug-likeness (QED) is 0.187. The highest BCUT2D eigenvalue weighted by atomic mass is 32.2. The average Bonchev–Trinajstić information content (AvgIpc) is 3.30. The van der Waals surface area contributed by atoms with Crippen molar-refractivity contribution in [3.63, 3.8) is 0 Å². The van der Waals surface area contributed by atoms with Crippen LogP contribution in [0.15, 0.2) is 52.4 Å². The van der Waals surface area contributed by atoms with Gasteiger partial charge >= 0.3 is 0 Å². The lowest BCUT2D eigenvalue weighted by molar-refractivity contribution is -0.112. The van der Waals surface area contributed by atoms with Crippen LogP contribution >= 0.6 is 11.3 Å². The number of ether oxygens (including phenoxy) is 2. The van der Waals surface area contributed by atoms with E-state index in [2.05, 4.69) is 21.6 Å². The maximum absolute atomic E-state index is 12.4. The zero-order valence-corrected chi connectivity index (χ0v) is 21.1. The second-order valence-corrected chi connectivity index (χ2v) is 10.9. The van der Waals surface area contributed by atoms with Gasteiger partial charge in [-0.15, -0.1) is 10.2 Å². The lowest BCUT2D eigenvalue weighted by Gasteiger charge is -2.10. The van der Waals surface area contributed by atoms with Gasteiger partial charge in [-0.1, -0.05) is 36.5 Å². The predicted molar refractivity (Wildman–Crippen MR) is 133 cm³/mol. The number of rotatable bonds is 10. The van der Waals surface area contributed by atoms with Crippen LogP contribution in [0.5, 0.6) is 11.5 Å². The van der Waals surface area contributed by atoms with Crippen molar-refractivity contribution in [1.29, 1.82) is 5.26 Å². The first kappa shape index (κ1) is 25.9. The Morgan fingerprint density at radius 3 is 2.29 bits per heavy atom. The largest absolute Gasteiger partial charge is 0.490 e. The smallest absolute Gasteiger partial charge is 0.268 e. The van der Waals surface area contributed by atoms with Crippen LogP contribution in [0.25, 0.3) is 6.08 Å². The molecule has 0 aliphatic rings. The third-order valence-electron chi connectivity index (χ3n) is 4.65. The second-order valence-electron chi connectivity index (χ2n) is 7.49. The Bertz CT molecular complexity index is 1350. The molecule has 2 aromatic carbocycles. The molecule has 1 aromatic heterocycles. The van der Waals surface area contributed by atoms with Gasteiger partial charge in [-0.05, 0) is 60.9 Å². The maximum Gasteiger partial charge on any atom is 0.268 e. The van der Waals surface area contributed by atoms with Gasteiger partial charge in [0.2, 0.25) is 19.3 Å². The molecule has 0 spiro atoms. The molecule has 182 valence electrons. The molecule has 3 aromatic rings. The van der Waals surface area contributed by atoms with Crippen molar-refractivity contribution in [2.45, 2.75) is 25.1 Å². The van der Waals surface area contributed by atoms with Gasteiger partial charge in [-0.2, -0.15) is 5.26 Å². The van der Waals surface area contributed by atoms with Crippen LogP contribution < -0.4 is 14.8 Å². The van der Waals surface area contributed by atoms with Gasteiger partial charge in [0.25, 0.3) is 5.91 Å². The molecular formula is C24H24N4O5S2. The summed E-state index contributed by atoms with van der Waals surface area (Å²) in [6.07, 6.45) is 1.41. The molecule has 3 rings (SSSR count). The SMILES string of the molecule is CCS(=O)(=O)c1nnc(NC(=O)/C(C#N)=C\c2ccc(OCCOc3cc(C)cc(C)c3)cc2)s1. The number of aromatic nitrogens is 2. The number of hydrogen-bond donors (Lipinski definition) is 1.